The number of benzene rings is 1. The van der Waals surface area contributed by atoms with Crippen molar-refractivity contribution < 1.29 is 27.9 Å². The molecule has 1 saturated heterocycles. The van der Waals surface area contributed by atoms with Gasteiger partial charge in [-0.1, -0.05) is 6.92 Å². The second-order valence-corrected chi connectivity index (χ2v) is 7.26. The number of nitrogens with zero attached hydrogens (tertiary/aromatic N) is 3. The van der Waals surface area contributed by atoms with Gasteiger partial charge in [-0.25, -0.2) is 0 Å². The summed E-state index contributed by atoms with van der Waals surface area (Å²) < 4.78 is 38.8. The molecule has 1 aromatic rings. The van der Waals surface area contributed by atoms with Crippen LogP contribution in [0.2, 0.25) is 0 Å². The molecule has 1 unspecified atom stereocenters. The number of hydrogen-bond acceptors (Lipinski definition) is 4. The third kappa shape index (κ3) is 4.12. The van der Waals surface area contributed by atoms with Crippen LogP contribution in [0.4, 0.5) is 13.2 Å². The molecule has 1 fully saturated rings. The molecule has 1 heterocycles. The molecule has 9 heteroatoms. The van der Waals surface area contributed by atoms with Crippen LogP contribution in [0.1, 0.15) is 36.2 Å². The Kier molecular flexibility index (Phi) is 6.04. The Morgan fingerprint density at radius 2 is 1.86 bits per heavy atom. The van der Waals surface area contributed by atoms with Crippen LogP contribution in [0.25, 0.3) is 0 Å². The van der Waals surface area contributed by atoms with Gasteiger partial charge in [0.15, 0.2) is 0 Å². The highest BCUT2D eigenvalue weighted by molar-refractivity contribution is 5.94. The van der Waals surface area contributed by atoms with Gasteiger partial charge < -0.3 is 14.9 Å². The first-order valence-corrected chi connectivity index (χ1v) is 8.76. The van der Waals surface area contributed by atoms with Gasteiger partial charge in [-0.05, 0) is 43.5 Å². The summed E-state index contributed by atoms with van der Waals surface area (Å²) in [4.78, 5) is 27.3. The molecule has 0 bridgehead atoms. The monoisotopic (exact) mass is 397 g/mol. The number of carbonyl (C=O) groups is 2. The molecule has 2 rings (SSSR count). The maximum atomic E-state index is 12.9. The van der Waals surface area contributed by atoms with E-state index in [-0.39, 0.29) is 31.0 Å². The fourth-order valence-electron chi connectivity index (χ4n) is 3.36. The summed E-state index contributed by atoms with van der Waals surface area (Å²) in [5, 5.41) is 18.4. The van der Waals surface area contributed by atoms with E-state index in [9.17, 15) is 27.9 Å². The first-order valence-electron chi connectivity index (χ1n) is 8.76. The van der Waals surface area contributed by atoms with Gasteiger partial charge in [0.25, 0.3) is 11.8 Å². The fraction of sp³-hybridized carbons (Fsp3) is 0.526. The van der Waals surface area contributed by atoms with E-state index >= 15 is 0 Å². The van der Waals surface area contributed by atoms with Crippen LogP contribution in [0.15, 0.2) is 24.3 Å². The molecule has 0 spiro atoms. The Morgan fingerprint density at radius 1 is 1.29 bits per heavy atom. The average Bonchev–Trinajstić information content (AvgIpc) is 2.65. The van der Waals surface area contributed by atoms with Crippen molar-refractivity contribution in [3.63, 3.8) is 0 Å². The van der Waals surface area contributed by atoms with E-state index < -0.39 is 17.7 Å². The molecule has 28 heavy (non-hydrogen) atoms. The zero-order valence-electron chi connectivity index (χ0n) is 15.8. The summed E-state index contributed by atoms with van der Waals surface area (Å²) >= 11 is 0. The van der Waals surface area contributed by atoms with Crippen molar-refractivity contribution in [1.82, 2.24) is 9.80 Å². The maximum Gasteiger partial charge on any atom is 0.426 e. The Labute approximate surface area is 161 Å². The van der Waals surface area contributed by atoms with E-state index in [0.29, 0.717) is 24.5 Å². The third-order valence-electron chi connectivity index (χ3n) is 5.19. The average molecular weight is 397 g/mol. The first kappa shape index (κ1) is 21.7. The summed E-state index contributed by atoms with van der Waals surface area (Å²) in [6.45, 7) is 2.20. The minimum Gasteiger partial charge on any atom is -0.373 e. The Bertz CT molecular complexity index is 784. The Balaban J connectivity index is 2.07. The SMILES string of the molecule is C[C@@H]1CN(C(=O)C(C)(O)C(F)(F)F)CC[C@@H]1N(C)C(=O)c1ccc(C#N)cc1. The molecule has 0 saturated carbocycles. The Morgan fingerprint density at radius 3 is 2.32 bits per heavy atom. The standard InChI is InChI=1S/C19H22F3N3O3/c1-12-11-25(17(27)18(2,28)19(20,21)22)9-8-15(12)24(3)16(26)14-6-4-13(10-23)5-7-14/h4-7,12,15,28H,8-9,11H2,1-3H3/t12-,15+,18?/m1/s1. The summed E-state index contributed by atoms with van der Waals surface area (Å²) in [6, 6.07) is 7.84. The van der Waals surface area contributed by atoms with Gasteiger partial charge in [0.05, 0.1) is 11.6 Å². The van der Waals surface area contributed by atoms with Crippen LogP contribution in [0, 0.1) is 17.2 Å². The number of halogens is 3. The van der Waals surface area contributed by atoms with Gasteiger partial charge in [-0.3, -0.25) is 9.59 Å². The number of hydrogen-bond donors (Lipinski definition) is 1. The van der Waals surface area contributed by atoms with Crippen molar-refractivity contribution in [3.05, 3.63) is 35.4 Å². The van der Waals surface area contributed by atoms with Gasteiger partial charge in [-0.2, -0.15) is 18.4 Å². The topological polar surface area (TPSA) is 84.6 Å². The van der Waals surface area contributed by atoms with Crippen molar-refractivity contribution in [2.24, 2.45) is 5.92 Å². The smallest absolute Gasteiger partial charge is 0.373 e. The minimum absolute atomic E-state index is 0.000715. The molecule has 1 aromatic carbocycles. The molecule has 0 aliphatic carbocycles. The fourth-order valence-corrected chi connectivity index (χ4v) is 3.36. The molecule has 152 valence electrons. The lowest BCUT2D eigenvalue weighted by Gasteiger charge is -2.43. The van der Waals surface area contributed by atoms with Crippen molar-refractivity contribution >= 4 is 11.8 Å². The summed E-state index contributed by atoms with van der Waals surface area (Å²) in [6.07, 6.45) is -4.77. The second-order valence-electron chi connectivity index (χ2n) is 7.26. The first-order chi connectivity index (χ1) is 12.9. The Hall–Kier alpha value is -2.60. The molecule has 0 radical (unpaired) electrons. The van der Waals surface area contributed by atoms with Crippen LogP contribution < -0.4 is 0 Å². The largest absolute Gasteiger partial charge is 0.426 e. The van der Waals surface area contributed by atoms with E-state index in [1.54, 1.807) is 26.1 Å². The molecule has 1 N–H and O–H groups in total. The molecule has 6 nitrogen and oxygen atoms in total. The van der Waals surface area contributed by atoms with E-state index in [1.165, 1.54) is 17.0 Å². The maximum absolute atomic E-state index is 12.9. The molecule has 3 atom stereocenters. The van der Waals surface area contributed by atoms with Gasteiger partial charge in [-0.15, -0.1) is 0 Å². The molecular formula is C19H22F3N3O3. The van der Waals surface area contributed by atoms with Crippen LogP contribution in [0.3, 0.4) is 0 Å². The number of rotatable bonds is 3. The number of aliphatic hydroxyl groups is 1. The number of nitriles is 1. The van der Waals surface area contributed by atoms with Crippen LogP contribution >= 0.6 is 0 Å². The van der Waals surface area contributed by atoms with Crippen molar-refractivity contribution in [3.8, 4) is 6.07 Å². The highest BCUT2D eigenvalue weighted by Gasteiger charge is 2.57. The van der Waals surface area contributed by atoms with Gasteiger partial charge in [0.1, 0.15) is 0 Å². The number of carbonyl (C=O) groups excluding carboxylic acids is 2. The molecule has 1 aliphatic heterocycles. The highest BCUT2D eigenvalue weighted by Crippen LogP contribution is 2.33. The quantitative estimate of drug-likeness (QED) is 0.847. The van der Waals surface area contributed by atoms with E-state index in [0.717, 1.165) is 4.90 Å². The lowest BCUT2D eigenvalue weighted by atomic mass is 9.90. The predicted octanol–water partition coefficient (Wildman–Crippen LogP) is 2.18. The minimum atomic E-state index is -5.06. The lowest BCUT2D eigenvalue weighted by molar-refractivity contribution is -0.251. The normalized spacial score (nSPS) is 22.1. The number of likely N-dealkylation sites (tertiary alicyclic amines) is 1. The number of amides is 2. The summed E-state index contributed by atoms with van der Waals surface area (Å²) in [7, 11) is 1.60. The molecule has 0 aromatic heterocycles. The van der Waals surface area contributed by atoms with Gasteiger partial charge >= 0.3 is 6.18 Å². The highest BCUT2D eigenvalue weighted by atomic mass is 19.4. The van der Waals surface area contributed by atoms with E-state index in [4.69, 9.17) is 5.26 Å². The summed E-state index contributed by atoms with van der Waals surface area (Å²) in [5.74, 6) is -1.94. The number of alkyl halides is 3. The van der Waals surface area contributed by atoms with Crippen molar-refractivity contribution in [2.45, 2.75) is 38.1 Å². The van der Waals surface area contributed by atoms with Crippen molar-refractivity contribution in [1.29, 1.82) is 5.26 Å². The van der Waals surface area contributed by atoms with Crippen LogP contribution in [-0.2, 0) is 4.79 Å². The lowest BCUT2D eigenvalue weighted by Crippen LogP contribution is -2.60. The van der Waals surface area contributed by atoms with Gasteiger partial charge in [0.2, 0.25) is 5.60 Å². The van der Waals surface area contributed by atoms with Crippen LogP contribution in [-0.4, -0.2) is 64.7 Å². The number of piperidine rings is 1. The third-order valence-corrected chi connectivity index (χ3v) is 5.19. The second kappa shape index (κ2) is 7.80. The summed E-state index contributed by atoms with van der Waals surface area (Å²) in [5.41, 5.74) is -2.62. The predicted molar refractivity (Wildman–Crippen MR) is 94.1 cm³/mol. The molecule has 1 aliphatic rings. The van der Waals surface area contributed by atoms with Crippen molar-refractivity contribution in [2.75, 3.05) is 20.1 Å². The zero-order chi connectivity index (χ0) is 21.3. The molecular weight excluding hydrogens is 375 g/mol. The van der Waals surface area contributed by atoms with E-state index in [2.05, 4.69) is 0 Å². The molecule has 2 amide bonds. The zero-order valence-corrected chi connectivity index (χ0v) is 15.8. The van der Waals surface area contributed by atoms with Crippen LogP contribution in [0.5, 0.6) is 0 Å². The van der Waals surface area contributed by atoms with E-state index in [1.807, 2.05) is 6.07 Å². The van der Waals surface area contributed by atoms with Gasteiger partial charge in [0, 0.05) is 31.7 Å².